The molecule has 2 fully saturated rings. The fourth-order valence-corrected chi connectivity index (χ4v) is 3.32. The highest BCUT2D eigenvalue weighted by Crippen LogP contribution is 2.47. The molecule has 2 unspecified atom stereocenters. The number of hydrogen-bond acceptors (Lipinski definition) is 2. The van der Waals surface area contributed by atoms with Crippen LogP contribution in [0.3, 0.4) is 0 Å². The Bertz CT molecular complexity index is 468. The highest BCUT2D eigenvalue weighted by Gasteiger charge is 2.56. The largest absolute Gasteiger partial charge is 0.295 e. The maximum absolute atomic E-state index is 12.2. The molecule has 1 aromatic rings. The van der Waals surface area contributed by atoms with Crippen LogP contribution in [0.25, 0.3) is 0 Å². The molecule has 0 bridgehead atoms. The van der Waals surface area contributed by atoms with E-state index in [1.807, 2.05) is 30.3 Å². The number of hydrogen-bond donors (Lipinski definition) is 1. The maximum atomic E-state index is 12.2. The molecule has 0 aromatic heterocycles. The van der Waals surface area contributed by atoms with Gasteiger partial charge in [0.05, 0.1) is 11.3 Å². The van der Waals surface area contributed by atoms with E-state index < -0.39 is 5.41 Å². The normalized spacial score (nSPS) is 32.1. The third-order valence-corrected chi connectivity index (χ3v) is 4.16. The van der Waals surface area contributed by atoms with Gasteiger partial charge in [-0.3, -0.25) is 14.9 Å². The molecule has 1 aliphatic heterocycles. The third kappa shape index (κ3) is 1.35. The van der Waals surface area contributed by atoms with Crippen LogP contribution in [0.2, 0.25) is 0 Å². The van der Waals surface area contributed by atoms with E-state index in [-0.39, 0.29) is 17.7 Å². The number of fused-ring (bicyclic) bond motifs is 1. The van der Waals surface area contributed by atoms with Crippen LogP contribution in [0.15, 0.2) is 30.3 Å². The molecule has 3 heteroatoms. The molecule has 3 rings (SSSR count). The quantitative estimate of drug-likeness (QED) is 0.746. The molecule has 1 aromatic carbocycles. The molecule has 0 spiro atoms. The summed E-state index contributed by atoms with van der Waals surface area (Å²) in [5.41, 5.74) is 0.407. The first-order chi connectivity index (χ1) is 8.25. The van der Waals surface area contributed by atoms with Gasteiger partial charge in [-0.1, -0.05) is 43.2 Å². The second-order valence-electron chi connectivity index (χ2n) is 4.95. The van der Waals surface area contributed by atoms with Crippen molar-refractivity contribution in [2.45, 2.75) is 31.1 Å². The molecule has 1 saturated heterocycles. The molecule has 3 nitrogen and oxygen atoms in total. The zero-order valence-corrected chi connectivity index (χ0v) is 9.61. The van der Waals surface area contributed by atoms with Crippen molar-refractivity contribution in [1.82, 2.24) is 5.32 Å². The van der Waals surface area contributed by atoms with Gasteiger partial charge in [-0.2, -0.15) is 0 Å². The Morgan fingerprint density at radius 3 is 2.65 bits per heavy atom. The zero-order chi connectivity index (χ0) is 11.9. The van der Waals surface area contributed by atoms with Gasteiger partial charge in [0.1, 0.15) is 0 Å². The summed E-state index contributed by atoms with van der Waals surface area (Å²) >= 11 is 0. The lowest BCUT2D eigenvalue weighted by Gasteiger charge is -2.35. The Labute approximate surface area is 100 Å². The molecule has 17 heavy (non-hydrogen) atoms. The molecule has 2 aliphatic rings. The zero-order valence-electron chi connectivity index (χ0n) is 9.61. The van der Waals surface area contributed by atoms with Crippen LogP contribution in [-0.2, 0) is 15.0 Å². The summed E-state index contributed by atoms with van der Waals surface area (Å²) in [6.07, 6.45) is 3.68. The summed E-state index contributed by atoms with van der Waals surface area (Å²) in [5.74, 6) is -0.344. The fourth-order valence-electron chi connectivity index (χ4n) is 3.32. The van der Waals surface area contributed by atoms with E-state index in [2.05, 4.69) is 5.32 Å². The Hall–Kier alpha value is -1.64. The van der Waals surface area contributed by atoms with Gasteiger partial charge in [-0.05, 0) is 18.4 Å². The van der Waals surface area contributed by atoms with Gasteiger partial charge in [0, 0.05) is 0 Å². The monoisotopic (exact) mass is 229 g/mol. The number of amides is 2. The maximum Gasteiger partial charge on any atom is 0.238 e. The van der Waals surface area contributed by atoms with Crippen molar-refractivity contribution >= 4 is 11.8 Å². The van der Waals surface area contributed by atoms with Crippen molar-refractivity contribution in [2.24, 2.45) is 5.92 Å². The lowest BCUT2D eigenvalue weighted by molar-refractivity contribution is -0.126. The van der Waals surface area contributed by atoms with Crippen LogP contribution in [0.5, 0.6) is 0 Å². The van der Waals surface area contributed by atoms with Crippen molar-refractivity contribution in [3.63, 3.8) is 0 Å². The summed E-state index contributed by atoms with van der Waals surface area (Å²) in [7, 11) is 0. The fraction of sp³-hybridized carbons (Fsp3) is 0.429. The SMILES string of the molecule is O=C1NC(=O)C2(c3ccccc3)CCCCC12. The van der Waals surface area contributed by atoms with Crippen molar-refractivity contribution < 1.29 is 9.59 Å². The van der Waals surface area contributed by atoms with Gasteiger partial charge in [0.15, 0.2) is 0 Å². The minimum Gasteiger partial charge on any atom is -0.295 e. The molecule has 88 valence electrons. The Morgan fingerprint density at radius 1 is 1.12 bits per heavy atom. The van der Waals surface area contributed by atoms with Crippen molar-refractivity contribution in [2.75, 3.05) is 0 Å². The van der Waals surface area contributed by atoms with Gasteiger partial charge in [0.2, 0.25) is 11.8 Å². The van der Waals surface area contributed by atoms with Crippen molar-refractivity contribution in [3.8, 4) is 0 Å². The minimum absolute atomic E-state index is 0.0847. The molecule has 2 amide bonds. The summed E-state index contributed by atoms with van der Waals surface area (Å²) in [5, 5.41) is 2.52. The summed E-state index contributed by atoms with van der Waals surface area (Å²) < 4.78 is 0. The van der Waals surface area contributed by atoms with Crippen LogP contribution >= 0.6 is 0 Å². The van der Waals surface area contributed by atoms with Crippen LogP contribution in [0.1, 0.15) is 31.2 Å². The van der Waals surface area contributed by atoms with E-state index in [1.165, 1.54) is 0 Å². The van der Waals surface area contributed by atoms with E-state index in [0.29, 0.717) is 0 Å². The lowest BCUT2D eigenvalue weighted by atomic mass is 9.64. The van der Waals surface area contributed by atoms with E-state index in [4.69, 9.17) is 0 Å². The summed E-state index contributed by atoms with van der Waals surface area (Å²) in [4.78, 5) is 24.1. The number of nitrogens with one attached hydrogen (secondary N) is 1. The summed E-state index contributed by atoms with van der Waals surface area (Å²) in [6, 6.07) is 9.75. The van der Waals surface area contributed by atoms with E-state index in [0.717, 1.165) is 31.2 Å². The number of rotatable bonds is 1. The summed E-state index contributed by atoms with van der Waals surface area (Å²) in [6.45, 7) is 0. The average Bonchev–Trinajstić information content (AvgIpc) is 2.64. The topological polar surface area (TPSA) is 46.2 Å². The Balaban J connectivity index is 2.14. The van der Waals surface area contributed by atoms with Gasteiger partial charge in [0.25, 0.3) is 0 Å². The van der Waals surface area contributed by atoms with Crippen molar-refractivity contribution in [1.29, 1.82) is 0 Å². The van der Waals surface area contributed by atoms with Crippen LogP contribution < -0.4 is 5.32 Å². The Kier molecular flexibility index (Phi) is 2.28. The standard InChI is InChI=1S/C14H15NO2/c16-12-11-8-4-5-9-14(11,13(17)15-12)10-6-2-1-3-7-10/h1-3,6-7,11H,4-5,8-9H2,(H,15,16,17). The molecule has 1 aliphatic carbocycles. The number of imide groups is 1. The van der Waals surface area contributed by atoms with Gasteiger partial charge < -0.3 is 0 Å². The molecule has 1 saturated carbocycles. The molecule has 2 atom stereocenters. The lowest BCUT2D eigenvalue weighted by Crippen LogP contribution is -2.41. The second kappa shape index (κ2) is 3.69. The Morgan fingerprint density at radius 2 is 1.88 bits per heavy atom. The number of carbonyl (C=O) groups excluding carboxylic acids is 2. The second-order valence-corrected chi connectivity index (χ2v) is 4.95. The highest BCUT2D eigenvalue weighted by atomic mass is 16.2. The first kappa shape index (κ1) is 10.5. The molecule has 1 N–H and O–H groups in total. The molecule has 0 radical (unpaired) electrons. The third-order valence-electron chi connectivity index (χ3n) is 4.16. The van der Waals surface area contributed by atoms with Gasteiger partial charge in [-0.15, -0.1) is 0 Å². The number of carbonyl (C=O) groups is 2. The van der Waals surface area contributed by atoms with E-state index in [9.17, 15) is 9.59 Å². The van der Waals surface area contributed by atoms with Gasteiger partial charge in [-0.25, -0.2) is 0 Å². The first-order valence-corrected chi connectivity index (χ1v) is 6.16. The van der Waals surface area contributed by atoms with Crippen LogP contribution in [0, 0.1) is 5.92 Å². The smallest absolute Gasteiger partial charge is 0.238 e. The minimum atomic E-state index is -0.587. The van der Waals surface area contributed by atoms with Crippen LogP contribution in [0.4, 0.5) is 0 Å². The molecular formula is C14H15NO2. The van der Waals surface area contributed by atoms with Gasteiger partial charge >= 0.3 is 0 Å². The molecule has 1 heterocycles. The number of benzene rings is 1. The average molecular weight is 229 g/mol. The predicted octanol–water partition coefficient (Wildman–Crippen LogP) is 1.77. The first-order valence-electron chi connectivity index (χ1n) is 6.16. The van der Waals surface area contributed by atoms with E-state index in [1.54, 1.807) is 0 Å². The van der Waals surface area contributed by atoms with Crippen LogP contribution in [-0.4, -0.2) is 11.8 Å². The molecular weight excluding hydrogens is 214 g/mol. The predicted molar refractivity (Wildman–Crippen MR) is 63.2 cm³/mol. The van der Waals surface area contributed by atoms with E-state index >= 15 is 0 Å². The van der Waals surface area contributed by atoms with Crippen molar-refractivity contribution in [3.05, 3.63) is 35.9 Å². The highest BCUT2D eigenvalue weighted by molar-refractivity contribution is 6.10.